The summed E-state index contributed by atoms with van der Waals surface area (Å²) in [5.41, 5.74) is 2.47. The van der Waals surface area contributed by atoms with Crippen LogP contribution < -0.4 is 5.43 Å². The average Bonchev–Trinajstić information content (AvgIpc) is 2.54. The summed E-state index contributed by atoms with van der Waals surface area (Å²) in [5.74, 6) is -0.253. The molecule has 2 amide bonds. The molecule has 2 aliphatic rings. The van der Waals surface area contributed by atoms with Gasteiger partial charge in [-0.15, -0.1) is 0 Å². The monoisotopic (exact) mass is 267 g/mol. The summed E-state index contributed by atoms with van der Waals surface area (Å²) in [4.78, 5) is 25.6. The van der Waals surface area contributed by atoms with E-state index in [0.717, 1.165) is 0 Å². The maximum atomic E-state index is 12.3. The van der Waals surface area contributed by atoms with Crippen molar-refractivity contribution in [3.8, 4) is 0 Å². The molecule has 0 aromatic rings. The number of hydrogen-bond acceptors (Lipinski definition) is 4. The Labute approximate surface area is 113 Å². The van der Waals surface area contributed by atoms with Gasteiger partial charge in [0.1, 0.15) is 5.60 Å². The highest BCUT2D eigenvalue weighted by Gasteiger charge is 2.47. The predicted molar refractivity (Wildman–Crippen MR) is 70.7 cm³/mol. The minimum atomic E-state index is -0.608. The lowest BCUT2D eigenvalue weighted by Crippen LogP contribution is -2.57. The van der Waals surface area contributed by atoms with Crippen molar-refractivity contribution in [1.82, 2.24) is 10.3 Å². The van der Waals surface area contributed by atoms with Crippen molar-refractivity contribution < 1.29 is 14.3 Å². The first-order valence-electron chi connectivity index (χ1n) is 6.45. The number of hydrogen-bond donors (Lipinski definition) is 1. The first-order valence-corrected chi connectivity index (χ1v) is 6.45. The van der Waals surface area contributed by atoms with Gasteiger partial charge in [0.25, 0.3) is 5.91 Å². The molecule has 0 aromatic carbocycles. The normalized spacial score (nSPS) is 25.5. The van der Waals surface area contributed by atoms with E-state index >= 15 is 0 Å². The number of nitrogens with zero attached hydrogens (tertiary/aromatic N) is 2. The fourth-order valence-corrected chi connectivity index (χ4v) is 2.45. The molecule has 106 valence electrons. The van der Waals surface area contributed by atoms with Crippen LogP contribution in [0.5, 0.6) is 0 Å². The maximum Gasteiger partial charge on any atom is 0.411 e. The number of carbonyl (C=O) groups is 2. The molecule has 2 aliphatic heterocycles. The van der Waals surface area contributed by atoms with Crippen LogP contribution in [0.3, 0.4) is 0 Å². The van der Waals surface area contributed by atoms with Crippen molar-refractivity contribution in [2.75, 3.05) is 6.54 Å². The molecule has 0 aliphatic carbocycles. The highest BCUT2D eigenvalue weighted by atomic mass is 16.6. The van der Waals surface area contributed by atoms with Gasteiger partial charge >= 0.3 is 6.09 Å². The van der Waals surface area contributed by atoms with Crippen LogP contribution in [0, 0.1) is 5.41 Å². The van der Waals surface area contributed by atoms with Gasteiger partial charge in [-0.3, -0.25) is 9.69 Å². The number of likely N-dealkylation sites (tertiary alicyclic amines) is 1. The highest BCUT2D eigenvalue weighted by molar-refractivity contribution is 6.14. The van der Waals surface area contributed by atoms with E-state index in [1.165, 1.54) is 4.90 Å². The molecule has 1 fully saturated rings. The standard InChI is InChI=1S/C13H21N3O3/c1-12(2,3)19-11(18)16-7-13(4,5)6-8-9(16)10(17)15-14-8/h9H,6-7H2,1-5H3,(H,15,17). The zero-order valence-corrected chi connectivity index (χ0v) is 12.1. The minimum absolute atomic E-state index is 0.113. The second-order valence-electron chi connectivity index (χ2n) is 6.93. The molecule has 0 spiro atoms. The Hall–Kier alpha value is -1.59. The summed E-state index contributed by atoms with van der Waals surface area (Å²) in [6.07, 6.45) is 0.241. The molecular weight excluding hydrogens is 246 g/mol. The van der Waals surface area contributed by atoms with Gasteiger partial charge < -0.3 is 4.74 Å². The van der Waals surface area contributed by atoms with E-state index in [1.54, 1.807) is 0 Å². The Morgan fingerprint density at radius 2 is 2.11 bits per heavy atom. The Morgan fingerprint density at radius 1 is 1.47 bits per heavy atom. The molecule has 6 heteroatoms. The van der Waals surface area contributed by atoms with Crippen molar-refractivity contribution in [1.29, 1.82) is 0 Å². The fourth-order valence-electron chi connectivity index (χ4n) is 2.45. The smallest absolute Gasteiger partial charge is 0.411 e. The molecule has 2 heterocycles. The quantitative estimate of drug-likeness (QED) is 0.723. The number of hydrazone groups is 1. The Balaban J connectivity index is 2.24. The minimum Gasteiger partial charge on any atom is -0.444 e. The molecule has 0 saturated carbocycles. The second-order valence-corrected chi connectivity index (χ2v) is 6.93. The number of carbonyl (C=O) groups excluding carboxylic acids is 2. The molecule has 0 bridgehead atoms. The Bertz CT molecular complexity index is 449. The van der Waals surface area contributed by atoms with Crippen molar-refractivity contribution in [3.05, 3.63) is 0 Å². The van der Waals surface area contributed by atoms with Crippen molar-refractivity contribution >= 4 is 17.7 Å². The third-order valence-electron chi connectivity index (χ3n) is 3.07. The summed E-state index contributed by atoms with van der Waals surface area (Å²) in [6.45, 7) is 10.0. The number of fused-ring (bicyclic) bond motifs is 1. The van der Waals surface area contributed by atoms with Gasteiger partial charge in [-0.2, -0.15) is 5.10 Å². The van der Waals surface area contributed by atoms with Crippen molar-refractivity contribution in [2.45, 2.75) is 52.7 Å². The van der Waals surface area contributed by atoms with Crippen LogP contribution in [0.25, 0.3) is 0 Å². The lowest BCUT2D eigenvalue weighted by atomic mass is 9.80. The van der Waals surface area contributed by atoms with Gasteiger partial charge in [0.15, 0.2) is 6.04 Å². The van der Waals surface area contributed by atoms with Gasteiger partial charge in [-0.1, -0.05) is 13.8 Å². The van der Waals surface area contributed by atoms with Gasteiger partial charge in [0.2, 0.25) is 0 Å². The van der Waals surface area contributed by atoms with E-state index in [2.05, 4.69) is 10.5 Å². The van der Waals surface area contributed by atoms with E-state index in [0.29, 0.717) is 18.7 Å². The third-order valence-corrected chi connectivity index (χ3v) is 3.07. The lowest BCUT2D eigenvalue weighted by Gasteiger charge is -2.41. The van der Waals surface area contributed by atoms with Gasteiger partial charge in [-0.25, -0.2) is 10.2 Å². The summed E-state index contributed by atoms with van der Waals surface area (Å²) >= 11 is 0. The van der Waals surface area contributed by atoms with Crippen LogP contribution in [0.1, 0.15) is 41.0 Å². The molecule has 1 saturated heterocycles. The molecule has 1 atom stereocenters. The molecule has 1 N–H and O–H groups in total. The summed E-state index contributed by atoms with van der Waals surface area (Å²) in [7, 11) is 0. The van der Waals surface area contributed by atoms with Crippen molar-refractivity contribution in [2.24, 2.45) is 10.5 Å². The van der Waals surface area contributed by atoms with E-state index in [9.17, 15) is 9.59 Å². The fraction of sp³-hybridized carbons (Fsp3) is 0.769. The molecule has 6 nitrogen and oxygen atoms in total. The van der Waals surface area contributed by atoms with Gasteiger partial charge in [0, 0.05) is 6.54 Å². The number of nitrogens with one attached hydrogen (secondary N) is 1. The first kappa shape index (κ1) is 13.8. The summed E-state index contributed by atoms with van der Waals surface area (Å²) in [6, 6.07) is -0.608. The largest absolute Gasteiger partial charge is 0.444 e. The van der Waals surface area contributed by atoms with Crippen LogP contribution >= 0.6 is 0 Å². The van der Waals surface area contributed by atoms with E-state index in [4.69, 9.17) is 4.74 Å². The van der Waals surface area contributed by atoms with Gasteiger partial charge in [0.05, 0.1) is 5.71 Å². The summed E-state index contributed by atoms with van der Waals surface area (Å²) in [5, 5.41) is 4.03. The highest BCUT2D eigenvalue weighted by Crippen LogP contribution is 2.33. The molecule has 19 heavy (non-hydrogen) atoms. The number of amides is 2. The maximum absolute atomic E-state index is 12.3. The molecular formula is C13H21N3O3. The van der Waals surface area contributed by atoms with Crippen LogP contribution in [-0.4, -0.2) is 40.8 Å². The second kappa shape index (κ2) is 4.21. The number of rotatable bonds is 0. The Morgan fingerprint density at radius 3 is 2.68 bits per heavy atom. The van der Waals surface area contributed by atoms with E-state index in [1.807, 2.05) is 34.6 Å². The van der Waals surface area contributed by atoms with Crippen molar-refractivity contribution in [3.63, 3.8) is 0 Å². The average molecular weight is 267 g/mol. The number of piperidine rings is 1. The molecule has 0 radical (unpaired) electrons. The van der Waals surface area contributed by atoms with E-state index in [-0.39, 0.29) is 11.3 Å². The van der Waals surface area contributed by atoms with E-state index < -0.39 is 17.7 Å². The van der Waals surface area contributed by atoms with Crippen LogP contribution in [0.4, 0.5) is 4.79 Å². The molecule has 2 rings (SSSR count). The molecule has 0 aromatic heterocycles. The summed E-state index contributed by atoms with van der Waals surface area (Å²) < 4.78 is 5.38. The SMILES string of the molecule is CC1(C)CC2=NNC(=O)C2N(C(=O)OC(C)(C)C)C1. The zero-order chi connectivity index (χ0) is 14.4. The van der Waals surface area contributed by atoms with Crippen LogP contribution in [-0.2, 0) is 9.53 Å². The predicted octanol–water partition coefficient (Wildman–Crippen LogP) is 1.51. The third kappa shape index (κ3) is 2.88. The lowest BCUT2D eigenvalue weighted by molar-refractivity contribution is -0.123. The Kier molecular flexibility index (Phi) is 3.07. The van der Waals surface area contributed by atoms with Gasteiger partial charge in [-0.05, 0) is 32.6 Å². The van der Waals surface area contributed by atoms with Crippen LogP contribution in [0.2, 0.25) is 0 Å². The zero-order valence-electron chi connectivity index (χ0n) is 12.1. The number of ether oxygens (including phenoxy) is 1. The topological polar surface area (TPSA) is 71.0 Å². The molecule has 1 unspecified atom stereocenters. The van der Waals surface area contributed by atoms with Crippen LogP contribution in [0.15, 0.2) is 5.10 Å². The first-order chi connectivity index (χ1) is 8.59.